The van der Waals surface area contributed by atoms with Gasteiger partial charge in [-0.1, -0.05) is 18.2 Å². The maximum atomic E-state index is 12.1. The second kappa shape index (κ2) is 5.55. The van der Waals surface area contributed by atoms with Crippen LogP contribution in [0.2, 0.25) is 0 Å². The molecule has 108 valence electrons. The summed E-state index contributed by atoms with van der Waals surface area (Å²) < 4.78 is 27.5. The molecule has 0 radical (unpaired) electrons. The molecule has 8 heteroatoms. The molecule has 2 aromatic heterocycles. The van der Waals surface area contributed by atoms with Crippen LogP contribution in [-0.4, -0.2) is 23.4 Å². The summed E-state index contributed by atoms with van der Waals surface area (Å²) >= 11 is 3.32. The summed E-state index contributed by atoms with van der Waals surface area (Å²) in [6, 6.07) is 10.0. The van der Waals surface area contributed by atoms with Gasteiger partial charge >= 0.3 is 0 Å². The first-order chi connectivity index (χ1) is 10.0. The van der Waals surface area contributed by atoms with Gasteiger partial charge in [0, 0.05) is 10.7 Å². The molecule has 0 saturated heterocycles. The second-order valence-corrected chi connectivity index (χ2v) is 7.03. The molecule has 0 spiro atoms. The van der Waals surface area contributed by atoms with Crippen LogP contribution in [0.25, 0.3) is 11.2 Å². The Bertz CT molecular complexity index is 878. The van der Waals surface area contributed by atoms with E-state index < -0.39 is 10.0 Å². The molecule has 0 saturated carbocycles. The zero-order valence-electron chi connectivity index (χ0n) is 10.7. The number of sulfonamides is 1. The monoisotopic (exact) mass is 366 g/mol. The summed E-state index contributed by atoms with van der Waals surface area (Å²) in [5, 5.41) is 0. The number of aromatic amines is 1. The van der Waals surface area contributed by atoms with Crippen molar-refractivity contribution in [2.45, 2.75) is 11.4 Å². The zero-order valence-corrected chi connectivity index (χ0v) is 13.1. The van der Waals surface area contributed by atoms with Crippen LogP contribution in [0.5, 0.6) is 0 Å². The summed E-state index contributed by atoms with van der Waals surface area (Å²) in [6.07, 6.45) is 1.64. The summed E-state index contributed by atoms with van der Waals surface area (Å²) in [5.74, 6) is 0.509. The topological polar surface area (TPSA) is 87.7 Å². The number of hydrogen-bond donors (Lipinski definition) is 2. The first-order valence-corrected chi connectivity index (χ1v) is 8.37. The van der Waals surface area contributed by atoms with E-state index in [1.807, 2.05) is 6.07 Å². The first-order valence-electron chi connectivity index (χ1n) is 6.09. The Morgan fingerprint density at radius 1 is 1.24 bits per heavy atom. The van der Waals surface area contributed by atoms with Crippen LogP contribution in [-0.2, 0) is 16.6 Å². The van der Waals surface area contributed by atoms with Gasteiger partial charge in [-0.3, -0.25) is 0 Å². The van der Waals surface area contributed by atoms with Crippen molar-refractivity contribution in [3.8, 4) is 0 Å². The van der Waals surface area contributed by atoms with E-state index in [0.29, 0.717) is 11.5 Å². The number of rotatable bonds is 4. The van der Waals surface area contributed by atoms with Crippen molar-refractivity contribution in [1.29, 1.82) is 0 Å². The largest absolute Gasteiger partial charge is 0.339 e. The molecule has 0 fully saturated rings. The fourth-order valence-corrected chi connectivity index (χ4v) is 3.19. The molecule has 0 atom stereocenters. The summed E-state index contributed by atoms with van der Waals surface area (Å²) in [5.41, 5.74) is 1.30. The van der Waals surface area contributed by atoms with Crippen LogP contribution in [0.1, 0.15) is 5.82 Å². The summed E-state index contributed by atoms with van der Waals surface area (Å²) in [4.78, 5) is 11.6. The molecule has 2 N–H and O–H groups in total. The fraction of sp³-hybridized carbons (Fsp3) is 0.0769. The van der Waals surface area contributed by atoms with Crippen LogP contribution in [0.15, 0.2) is 52.0 Å². The molecule has 1 aromatic carbocycles. The number of pyridine rings is 1. The minimum atomic E-state index is -3.54. The quantitative estimate of drug-likeness (QED) is 0.740. The number of hydrogen-bond acceptors (Lipinski definition) is 4. The molecule has 0 aliphatic heterocycles. The molecule has 3 aromatic rings. The molecule has 3 rings (SSSR count). The van der Waals surface area contributed by atoms with Crippen LogP contribution < -0.4 is 4.72 Å². The Kier molecular flexibility index (Phi) is 3.75. The number of imidazole rings is 1. The third kappa shape index (κ3) is 3.12. The average molecular weight is 367 g/mol. The summed E-state index contributed by atoms with van der Waals surface area (Å²) in [6.45, 7) is 0.0746. The van der Waals surface area contributed by atoms with Crippen molar-refractivity contribution >= 4 is 37.1 Å². The molecule has 0 amide bonds. The van der Waals surface area contributed by atoms with Crippen LogP contribution in [0, 0.1) is 0 Å². The fourth-order valence-electron chi connectivity index (χ4n) is 1.85. The van der Waals surface area contributed by atoms with Crippen molar-refractivity contribution < 1.29 is 8.42 Å². The van der Waals surface area contributed by atoms with Gasteiger partial charge in [-0.05, 0) is 34.1 Å². The molecule has 21 heavy (non-hydrogen) atoms. The zero-order chi connectivity index (χ0) is 14.9. The number of nitrogens with one attached hydrogen (secondary N) is 2. The number of fused-ring (bicyclic) bond motifs is 1. The Hall–Kier alpha value is -1.77. The van der Waals surface area contributed by atoms with Gasteiger partial charge < -0.3 is 4.98 Å². The lowest BCUT2D eigenvalue weighted by Gasteiger charge is -2.04. The van der Waals surface area contributed by atoms with Gasteiger partial charge in [0.15, 0.2) is 5.65 Å². The third-order valence-corrected chi connectivity index (χ3v) is 4.69. The SMILES string of the molecule is O=S(=O)(NCc1nc2ncc(Br)cc2[nH]1)c1ccccc1. The van der Waals surface area contributed by atoms with E-state index in [4.69, 9.17) is 0 Å². The highest BCUT2D eigenvalue weighted by Gasteiger charge is 2.14. The van der Waals surface area contributed by atoms with Gasteiger partial charge in [0.2, 0.25) is 10.0 Å². The predicted octanol–water partition coefficient (Wildman–Crippen LogP) is 2.20. The van der Waals surface area contributed by atoms with Gasteiger partial charge in [0.1, 0.15) is 5.82 Å². The molecular weight excluding hydrogens is 356 g/mol. The summed E-state index contributed by atoms with van der Waals surface area (Å²) in [7, 11) is -3.54. The molecule has 0 unspecified atom stereocenters. The van der Waals surface area contributed by atoms with Crippen LogP contribution in [0.3, 0.4) is 0 Å². The molecule has 6 nitrogen and oxygen atoms in total. The lowest BCUT2D eigenvalue weighted by Crippen LogP contribution is -2.23. The van der Waals surface area contributed by atoms with Gasteiger partial charge in [0.25, 0.3) is 0 Å². The smallest absolute Gasteiger partial charge is 0.240 e. The third-order valence-electron chi connectivity index (χ3n) is 2.84. The maximum absolute atomic E-state index is 12.1. The van der Waals surface area contributed by atoms with E-state index in [0.717, 1.165) is 9.99 Å². The number of benzene rings is 1. The van der Waals surface area contributed by atoms with E-state index in [1.54, 1.807) is 36.5 Å². The molecular formula is C13H11BrN4O2S. The first kappa shape index (κ1) is 14.2. The van der Waals surface area contributed by atoms with E-state index >= 15 is 0 Å². The number of aromatic nitrogens is 3. The second-order valence-electron chi connectivity index (χ2n) is 4.35. The molecule has 2 heterocycles. The number of nitrogens with zero attached hydrogens (tertiary/aromatic N) is 2. The van der Waals surface area contributed by atoms with Crippen molar-refractivity contribution in [2.75, 3.05) is 0 Å². The number of halogens is 1. The molecule has 0 bridgehead atoms. The Labute approximate surface area is 129 Å². The van der Waals surface area contributed by atoms with E-state index in [-0.39, 0.29) is 11.4 Å². The van der Waals surface area contributed by atoms with Crippen molar-refractivity contribution in [3.63, 3.8) is 0 Å². The van der Waals surface area contributed by atoms with Gasteiger partial charge in [-0.25, -0.2) is 23.1 Å². The minimum Gasteiger partial charge on any atom is -0.339 e. The van der Waals surface area contributed by atoms with E-state index in [1.165, 1.54) is 0 Å². The molecule has 0 aliphatic carbocycles. The normalized spacial score (nSPS) is 11.9. The van der Waals surface area contributed by atoms with Crippen LogP contribution >= 0.6 is 15.9 Å². The number of H-pyrrole nitrogens is 1. The van der Waals surface area contributed by atoms with Gasteiger partial charge in [-0.15, -0.1) is 0 Å². The Morgan fingerprint density at radius 2 is 2.00 bits per heavy atom. The Morgan fingerprint density at radius 3 is 2.76 bits per heavy atom. The van der Waals surface area contributed by atoms with E-state index in [2.05, 4.69) is 35.6 Å². The lowest BCUT2D eigenvalue weighted by molar-refractivity contribution is 0.579. The van der Waals surface area contributed by atoms with Gasteiger partial charge in [-0.2, -0.15) is 0 Å². The maximum Gasteiger partial charge on any atom is 0.240 e. The standard InChI is InChI=1S/C13H11BrN4O2S/c14-9-6-11-13(15-7-9)18-12(17-11)8-16-21(19,20)10-4-2-1-3-5-10/h1-7,16H,8H2,(H,15,17,18). The van der Waals surface area contributed by atoms with Gasteiger partial charge in [0.05, 0.1) is 17.0 Å². The molecule has 0 aliphatic rings. The highest BCUT2D eigenvalue weighted by atomic mass is 79.9. The highest BCUT2D eigenvalue weighted by Crippen LogP contribution is 2.15. The van der Waals surface area contributed by atoms with Crippen molar-refractivity contribution in [2.24, 2.45) is 0 Å². The average Bonchev–Trinajstić information content (AvgIpc) is 2.88. The lowest BCUT2D eigenvalue weighted by atomic mass is 10.4. The van der Waals surface area contributed by atoms with Crippen molar-refractivity contribution in [1.82, 2.24) is 19.7 Å². The van der Waals surface area contributed by atoms with E-state index in [9.17, 15) is 8.42 Å². The highest BCUT2D eigenvalue weighted by molar-refractivity contribution is 9.10. The van der Waals surface area contributed by atoms with Crippen molar-refractivity contribution in [3.05, 3.63) is 52.9 Å². The minimum absolute atomic E-state index is 0.0746. The van der Waals surface area contributed by atoms with Crippen LogP contribution in [0.4, 0.5) is 0 Å². The predicted molar refractivity (Wildman–Crippen MR) is 82.1 cm³/mol. The Balaban J connectivity index is 1.80.